The van der Waals surface area contributed by atoms with Gasteiger partial charge >= 0.3 is 17.9 Å². The van der Waals surface area contributed by atoms with Crippen molar-refractivity contribution < 1.29 is 28.6 Å². The number of carbonyl (C=O) groups excluding carboxylic acids is 3. The molecule has 0 saturated heterocycles. The molecular weight excluding hydrogens is 661 g/mol. The highest BCUT2D eigenvalue weighted by Crippen LogP contribution is 2.14. The zero-order valence-corrected chi connectivity index (χ0v) is 34.8. The minimum absolute atomic E-state index is 0.0923. The number of ether oxygens (including phenoxy) is 3. The van der Waals surface area contributed by atoms with Gasteiger partial charge in [0.15, 0.2) is 6.10 Å². The van der Waals surface area contributed by atoms with Crippen LogP contribution in [0.4, 0.5) is 0 Å². The number of unbranched alkanes of at least 4 members (excludes halogenated alkanes) is 20. The van der Waals surface area contributed by atoms with Crippen molar-refractivity contribution in [3.05, 3.63) is 48.6 Å². The summed E-state index contributed by atoms with van der Waals surface area (Å²) in [4.78, 5) is 37.6. The lowest BCUT2D eigenvalue weighted by Crippen LogP contribution is -2.30. The van der Waals surface area contributed by atoms with E-state index in [1.54, 1.807) is 0 Å². The fraction of sp³-hybridized carbons (Fsp3) is 0.766. The summed E-state index contributed by atoms with van der Waals surface area (Å²) in [7, 11) is 0. The summed E-state index contributed by atoms with van der Waals surface area (Å²) in [5.74, 6) is -0.980. The molecule has 0 aromatic carbocycles. The molecule has 0 radical (unpaired) electrons. The van der Waals surface area contributed by atoms with E-state index in [4.69, 9.17) is 14.2 Å². The Balaban J connectivity index is 4.46. The summed E-state index contributed by atoms with van der Waals surface area (Å²) in [6.07, 6.45) is 48.2. The van der Waals surface area contributed by atoms with Crippen LogP contribution in [0.25, 0.3) is 0 Å². The van der Waals surface area contributed by atoms with Gasteiger partial charge in [0.05, 0.1) is 0 Å². The van der Waals surface area contributed by atoms with E-state index in [2.05, 4.69) is 57.2 Å². The summed E-state index contributed by atoms with van der Waals surface area (Å²) in [6, 6.07) is 0. The number of carbonyl (C=O) groups is 3. The molecule has 0 aliphatic heterocycles. The Morgan fingerprint density at radius 2 is 0.736 bits per heavy atom. The first-order chi connectivity index (χ1) is 26.0. The van der Waals surface area contributed by atoms with Gasteiger partial charge in [-0.15, -0.1) is 0 Å². The lowest BCUT2D eigenvalue weighted by atomic mass is 10.0. The first-order valence-electron chi connectivity index (χ1n) is 22.1. The molecule has 0 rings (SSSR count). The maximum atomic E-state index is 12.7. The Bertz CT molecular complexity index is 949. The number of hydrogen-bond donors (Lipinski definition) is 0. The molecule has 0 bridgehead atoms. The maximum Gasteiger partial charge on any atom is 0.306 e. The molecule has 0 amide bonds. The fourth-order valence-electron chi connectivity index (χ4n) is 6.04. The third-order valence-corrected chi connectivity index (χ3v) is 9.36. The largest absolute Gasteiger partial charge is 0.462 e. The zero-order chi connectivity index (χ0) is 38.7. The number of esters is 3. The Hall–Kier alpha value is -2.63. The molecule has 1 unspecified atom stereocenters. The normalized spacial score (nSPS) is 12.4. The molecule has 0 N–H and O–H groups in total. The molecular formula is C47H82O6. The molecule has 0 aromatic rings. The minimum atomic E-state index is -0.794. The average Bonchev–Trinajstić information content (AvgIpc) is 3.15. The topological polar surface area (TPSA) is 78.9 Å². The van der Waals surface area contributed by atoms with E-state index in [9.17, 15) is 14.4 Å². The highest BCUT2D eigenvalue weighted by atomic mass is 16.6. The molecule has 0 heterocycles. The highest BCUT2D eigenvalue weighted by Gasteiger charge is 2.19. The van der Waals surface area contributed by atoms with Gasteiger partial charge in [0, 0.05) is 19.3 Å². The predicted octanol–water partition coefficient (Wildman–Crippen LogP) is 14.0. The number of allylic oxidation sites excluding steroid dienone is 8. The monoisotopic (exact) mass is 743 g/mol. The second kappa shape index (κ2) is 42.1. The van der Waals surface area contributed by atoms with Gasteiger partial charge in [-0.1, -0.05) is 198 Å². The fourth-order valence-corrected chi connectivity index (χ4v) is 6.04. The smallest absolute Gasteiger partial charge is 0.306 e. The Kier molecular flexibility index (Phi) is 40.0. The molecule has 0 fully saturated rings. The lowest BCUT2D eigenvalue weighted by molar-refractivity contribution is -0.166. The summed E-state index contributed by atoms with van der Waals surface area (Å²) < 4.78 is 16.6. The first-order valence-corrected chi connectivity index (χ1v) is 22.1. The van der Waals surface area contributed by atoms with Crippen LogP contribution in [0.3, 0.4) is 0 Å². The Labute approximate surface area is 327 Å². The third kappa shape index (κ3) is 40.4. The highest BCUT2D eigenvalue weighted by molar-refractivity contribution is 5.71. The van der Waals surface area contributed by atoms with Crippen molar-refractivity contribution in [1.29, 1.82) is 0 Å². The van der Waals surface area contributed by atoms with Crippen molar-refractivity contribution in [2.45, 2.75) is 219 Å². The molecule has 1 atom stereocenters. The molecule has 0 aliphatic rings. The predicted molar refractivity (Wildman–Crippen MR) is 224 cm³/mol. The summed E-state index contributed by atoms with van der Waals surface area (Å²) in [5, 5.41) is 0. The van der Waals surface area contributed by atoms with Crippen LogP contribution in [-0.4, -0.2) is 37.2 Å². The first kappa shape index (κ1) is 50.4. The average molecular weight is 743 g/mol. The SMILES string of the molecule is CC/C=C\C/C=C\C/C=C\C/C=C\CCC(=O)OCC(COC(=O)CCCCCCCCCCCC)OC(=O)CCCCCCCCCCCCCC. The molecule has 0 saturated carbocycles. The molecule has 6 heteroatoms. The second-order valence-electron chi connectivity index (χ2n) is 14.6. The van der Waals surface area contributed by atoms with Crippen molar-refractivity contribution in [2.75, 3.05) is 13.2 Å². The van der Waals surface area contributed by atoms with Crippen molar-refractivity contribution in [2.24, 2.45) is 0 Å². The van der Waals surface area contributed by atoms with E-state index < -0.39 is 6.10 Å². The van der Waals surface area contributed by atoms with Gasteiger partial charge in [-0.05, 0) is 44.9 Å². The Morgan fingerprint density at radius 1 is 0.396 bits per heavy atom. The molecule has 6 nitrogen and oxygen atoms in total. The molecule has 53 heavy (non-hydrogen) atoms. The number of hydrogen-bond acceptors (Lipinski definition) is 6. The molecule has 0 aliphatic carbocycles. The van der Waals surface area contributed by atoms with Crippen LogP contribution in [-0.2, 0) is 28.6 Å². The summed E-state index contributed by atoms with van der Waals surface area (Å²) in [6.45, 7) is 6.43. The van der Waals surface area contributed by atoms with Gasteiger partial charge in [-0.25, -0.2) is 0 Å². The van der Waals surface area contributed by atoms with E-state index in [0.29, 0.717) is 19.3 Å². The van der Waals surface area contributed by atoms with Gasteiger partial charge < -0.3 is 14.2 Å². The van der Waals surface area contributed by atoms with Gasteiger partial charge in [0.1, 0.15) is 13.2 Å². The molecule has 0 spiro atoms. The summed E-state index contributed by atoms with van der Waals surface area (Å²) >= 11 is 0. The quantitative estimate of drug-likeness (QED) is 0.0270. The van der Waals surface area contributed by atoms with Crippen LogP contribution < -0.4 is 0 Å². The van der Waals surface area contributed by atoms with Crippen LogP contribution in [0.5, 0.6) is 0 Å². The van der Waals surface area contributed by atoms with Gasteiger partial charge in [0.2, 0.25) is 0 Å². The third-order valence-electron chi connectivity index (χ3n) is 9.36. The van der Waals surface area contributed by atoms with Gasteiger partial charge in [-0.2, -0.15) is 0 Å². The standard InChI is InChI=1S/C47H82O6/c1-4-7-10-13-16-19-22-24-26-28-31-34-37-40-46(49)52-43-44(42-51-45(48)39-36-33-30-27-21-18-15-12-9-6-3)53-47(50)41-38-35-32-29-25-23-20-17-14-11-8-5-2/h7,10,16,19,24,26,31,34,44H,4-6,8-9,11-15,17-18,20-23,25,27-30,32-33,35-43H2,1-3H3/b10-7-,19-16-,26-24-,34-31-. The van der Waals surface area contributed by atoms with Gasteiger partial charge in [-0.3, -0.25) is 14.4 Å². The summed E-state index contributed by atoms with van der Waals surface area (Å²) in [5.41, 5.74) is 0. The van der Waals surface area contributed by atoms with Crippen LogP contribution >= 0.6 is 0 Å². The van der Waals surface area contributed by atoms with E-state index in [1.807, 2.05) is 12.2 Å². The molecule has 306 valence electrons. The van der Waals surface area contributed by atoms with Crippen LogP contribution in [0.15, 0.2) is 48.6 Å². The van der Waals surface area contributed by atoms with Crippen LogP contribution in [0.2, 0.25) is 0 Å². The van der Waals surface area contributed by atoms with Crippen LogP contribution in [0, 0.1) is 0 Å². The Morgan fingerprint density at radius 3 is 1.15 bits per heavy atom. The zero-order valence-electron chi connectivity index (χ0n) is 34.8. The number of rotatable bonds is 39. The van der Waals surface area contributed by atoms with Crippen molar-refractivity contribution in [3.8, 4) is 0 Å². The van der Waals surface area contributed by atoms with E-state index in [-0.39, 0.29) is 37.5 Å². The van der Waals surface area contributed by atoms with Gasteiger partial charge in [0.25, 0.3) is 0 Å². The second-order valence-corrected chi connectivity index (χ2v) is 14.6. The van der Waals surface area contributed by atoms with E-state index in [1.165, 1.54) is 103 Å². The van der Waals surface area contributed by atoms with E-state index >= 15 is 0 Å². The van der Waals surface area contributed by atoms with Crippen molar-refractivity contribution in [3.63, 3.8) is 0 Å². The van der Waals surface area contributed by atoms with E-state index in [0.717, 1.165) is 64.2 Å². The van der Waals surface area contributed by atoms with Crippen LogP contribution in [0.1, 0.15) is 213 Å². The van der Waals surface area contributed by atoms with Crippen molar-refractivity contribution in [1.82, 2.24) is 0 Å². The maximum absolute atomic E-state index is 12.7. The lowest BCUT2D eigenvalue weighted by Gasteiger charge is -2.18. The molecule has 0 aromatic heterocycles. The minimum Gasteiger partial charge on any atom is -0.462 e. The van der Waals surface area contributed by atoms with Crippen molar-refractivity contribution >= 4 is 17.9 Å².